The van der Waals surface area contributed by atoms with Gasteiger partial charge in [-0.2, -0.15) is 5.26 Å². The van der Waals surface area contributed by atoms with E-state index in [-0.39, 0.29) is 5.91 Å². The van der Waals surface area contributed by atoms with Gasteiger partial charge in [0.2, 0.25) is 0 Å². The highest BCUT2D eigenvalue weighted by molar-refractivity contribution is 6.32. The average Bonchev–Trinajstić information content (AvgIpc) is 2.57. The number of halogens is 1. The lowest BCUT2D eigenvalue weighted by Crippen LogP contribution is -2.48. The first kappa shape index (κ1) is 17.4. The molecule has 6 heteroatoms. The number of rotatable bonds is 5. The maximum absolute atomic E-state index is 12.5. The summed E-state index contributed by atoms with van der Waals surface area (Å²) < 4.78 is 10.7. The van der Waals surface area contributed by atoms with E-state index in [1.807, 2.05) is 6.92 Å². The number of carbonyl (C=O) groups is 1. The van der Waals surface area contributed by atoms with E-state index in [1.54, 1.807) is 6.07 Å². The van der Waals surface area contributed by atoms with Crippen molar-refractivity contribution in [3.63, 3.8) is 0 Å². The number of amides is 1. The second-order valence-electron chi connectivity index (χ2n) is 5.63. The topological polar surface area (TPSA) is 71.3 Å². The zero-order valence-corrected chi connectivity index (χ0v) is 14.2. The van der Waals surface area contributed by atoms with Gasteiger partial charge in [-0.3, -0.25) is 4.79 Å². The molecule has 0 aromatic heterocycles. The van der Waals surface area contributed by atoms with Crippen LogP contribution in [0.1, 0.15) is 49.4 Å². The van der Waals surface area contributed by atoms with Crippen molar-refractivity contribution < 1.29 is 14.3 Å². The Morgan fingerprint density at radius 2 is 2.09 bits per heavy atom. The monoisotopic (exact) mass is 336 g/mol. The molecule has 1 fully saturated rings. The van der Waals surface area contributed by atoms with Gasteiger partial charge in [0, 0.05) is 5.56 Å². The highest BCUT2D eigenvalue weighted by Crippen LogP contribution is 2.37. The van der Waals surface area contributed by atoms with E-state index in [4.69, 9.17) is 21.1 Å². The molecular formula is C17H21ClN2O3. The van der Waals surface area contributed by atoms with E-state index in [9.17, 15) is 10.1 Å². The van der Waals surface area contributed by atoms with Gasteiger partial charge in [0.15, 0.2) is 11.5 Å². The zero-order chi connectivity index (χ0) is 16.9. The lowest BCUT2D eigenvalue weighted by atomic mass is 9.82. The van der Waals surface area contributed by atoms with Gasteiger partial charge in [0.1, 0.15) is 5.54 Å². The van der Waals surface area contributed by atoms with Crippen molar-refractivity contribution in [3.8, 4) is 17.6 Å². The second kappa shape index (κ2) is 7.56. The van der Waals surface area contributed by atoms with E-state index in [1.165, 1.54) is 13.2 Å². The molecule has 5 nitrogen and oxygen atoms in total. The minimum absolute atomic E-state index is 0.311. The molecule has 1 aliphatic rings. The van der Waals surface area contributed by atoms with Crippen molar-refractivity contribution in [1.82, 2.24) is 5.32 Å². The number of methoxy groups -OCH3 is 1. The van der Waals surface area contributed by atoms with Crippen LogP contribution in [-0.2, 0) is 0 Å². The number of carbonyl (C=O) groups excluding carboxylic acids is 1. The molecule has 0 heterocycles. The predicted octanol–water partition coefficient (Wildman–Crippen LogP) is 3.70. The van der Waals surface area contributed by atoms with Crippen molar-refractivity contribution in [3.05, 3.63) is 22.7 Å². The number of nitrogens with one attached hydrogen (secondary N) is 1. The summed E-state index contributed by atoms with van der Waals surface area (Å²) in [5.41, 5.74) is -0.427. The summed E-state index contributed by atoms with van der Waals surface area (Å²) in [6.07, 6.45) is 4.35. The van der Waals surface area contributed by atoms with Crippen LogP contribution in [0, 0.1) is 11.3 Å². The molecule has 0 unspecified atom stereocenters. The number of hydrogen-bond donors (Lipinski definition) is 1. The minimum Gasteiger partial charge on any atom is -0.493 e. The molecule has 1 N–H and O–H groups in total. The Kier molecular flexibility index (Phi) is 5.73. The fourth-order valence-corrected chi connectivity index (χ4v) is 3.11. The maximum atomic E-state index is 12.5. The standard InChI is InChI=1S/C17H21ClN2O3/c1-3-23-15-13(18)9-12(10-14(15)22-2)16(21)20-17(11-19)7-5-4-6-8-17/h9-10H,3-8H2,1-2H3,(H,20,21). The van der Waals surface area contributed by atoms with Gasteiger partial charge >= 0.3 is 0 Å². The largest absolute Gasteiger partial charge is 0.493 e. The van der Waals surface area contributed by atoms with Gasteiger partial charge < -0.3 is 14.8 Å². The molecule has 0 spiro atoms. The molecule has 0 atom stereocenters. The van der Waals surface area contributed by atoms with Crippen LogP contribution in [0.4, 0.5) is 0 Å². The predicted molar refractivity (Wildman–Crippen MR) is 88.1 cm³/mol. The van der Waals surface area contributed by atoms with Crippen molar-refractivity contribution in [2.75, 3.05) is 13.7 Å². The zero-order valence-electron chi connectivity index (χ0n) is 13.4. The third-order valence-electron chi connectivity index (χ3n) is 4.05. The Balaban J connectivity index is 2.25. The molecule has 0 bridgehead atoms. The first-order chi connectivity index (χ1) is 11.0. The second-order valence-corrected chi connectivity index (χ2v) is 6.04. The summed E-state index contributed by atoms with van der Waals surface area (Å²) >= 11 is 6.20. The Morgan fingerprint density at radius 3 is 2.65 bits per heavy atom. The molecule has 1 amide bonds. The SMILES string of the molecule is CCOc1c(Cl)cc(C(=O)NC2(C#N)CCCCC2)cc1OC. The Labute approximate surface area is 141 Å². The van der Waals surface area contributed by atoms with Crippen LogP contribution in [0.15, 0.2) is 12.1 Å². The fraction of sp³-hybridized carbons (Fsp3) is 0.529. The van der Waals surface area contributed by atoms with Gasteiger partial charge in [0.25, 0.3) is 5.91 Å². The molecule has 23 heavy (non-hydrogen) atoms. The number of ether oxygens (including phenoxy) is 2. The van der Waals surface area contributed by atoms with E-state index in [0.717, 1.165) is 19.3 Å². The van der Waals surface area contributed by atoms with Gasteiger partial charge in [-0.05, 0) is 31.9 Å². The van der Waals surface area contributed by atoms with E-state index >= 15 is 0 Å². The molecule has 2 rings (SSSR count). The third kappa shape index (κ3) is 3.89. The maximum Gasteiger partial charge on any atom is 0.252 e. The van der Waals surface area contributed by atoms with E-state index in [2.05, 4.69) is 11.4 Å². The van der Waals surface area contributed by atoms with E-state index < -0.39 is 5.54 Å². The lowest BCUT2D eigenvalue weighted by Gasteiger charge is -2.31. The average molecular weight is 337 g/mol. The quantitative estimate of drug-likeness (QED) is 0.889. The molecule has 124 valence electrons. The molecular weight excluding hydrogens is 316 g/mol. The van der Waals surface area contributed by atoms with Crippen LogP contribution in [0.3, 0.4) is 0 Å². The summed E-state index contributed by atoms with van der Waals surface area (Å²) in [5, 5.41) is 12.7. The molecule has 1 saturated carbocycles. The number of hydrogen-bond acceptors (Lipinski definition) is 4. The summed E-state index contributed by atoms with van der Waals surface area (Å²) in [6, 6.07) is 5.40. The number of nitrogens with zero attached hydrogens (tertiary/aromatic N) is 1. The van der Waals surface area contributed by atoms with Crippen LogP contribution < -0.4 is 14.8 Å². The van der Waals surface area contributed by atoms with Gasteiger partial charge in [-0.1, -0.05) is 30.9 Å². The lowest BCUT2D eigenvalue weighted by molar-refractivity contribution is 0.0902. The van der Waals surface area contributed by atoms with Crippen LogP contribution in [0.25, 0.3) is 0 Å². The van der Waals surface area contributed by atoms with Crippen molar-refractivity contribution in [2.24, 2.45) is 0 Å². The Bertz CT molecular complexity index is 619. The van der Waals surface area contributed by atoms with Crippen LogP contribution in [0.2, 0.25) is 5.02 Å². The Morgan fingerprint density at radius 1 is 1.39 bits per heavy atom. The third-order valence-corrected chi connectivity index (χ3v) is 4.33. The Hall–Kier alpha value is -1.93. The molecule has 0 radical (unpaired) electrons. The van der Waals surface area contributed by atoms with Crippen LogP contribution in [-0.4, -0.2) is 25.2 Å². The molecule has 1 aliphatic carbocycles. The summed E-state index contributed by atoms with van der Waals surface area (Å²) in [4.78, 5) is 12.5. The van der Waals surface area contributed by atoms with Crippen molar-refractivity contribution in [2.45, 2.75) is 44.6 Å². The molecule has 1 aromatic carbocycles. The van der Waals surface area contributed by atoms with E-state index in [0.29, 0.717) is 41.5 Å². The smallest absolute Gasteiger partial charge is 0.252 e. The number of benzene rings is 1. The summed E-state index contributed by atoms with van der Waals surface area (Å²) in [7, 11) is 1.49. The first-order valence-corrected chi connectivity index (χ1v) is 8.17. The van der Waals surface area contributed by atoms with Gasteiger partial charge in [0.05, 0.1) is 24.8 Å². The normalized spacial score (nSPS) is 16.3. The highest BCUT2D eigenvalue weighted by Gasteiger charge is 2.34. The summed E-state index contributed by atoms with van der Waals surface area (Å²) in [5.74, 6) is 0.497. The van der Waals surface area contributed by atoms with Crippen molar-refractivity contribution in [1.29, 1.82) is 5.26 Å². The fourth-order valence-electron chi connectivity index (χ4n) is 2.84. The molecule has 1 aromatic rings. The van der Waals surface area contributed by atoms with Gasteiger partial charge in [-0.25, -0.2) is 0 Å². The molecule has 0 aliphatic heterocycles. The van der Waals surface area contributed by atoms with Crippen LogP contribution in [0.5, 0.6) is 11.5 Å². The van der Waals surface area contributed by atoms with Crippen LogP contribution >= 0.6 is 11.6 Å². The van der Waals surface area contributed by atoms with Crippen molar-refractivity contribution >= 4 is 17.5 Å². The first-order valence-electron chi connectivity index (χ1n) is 7.79. The van der Waals surface area contributed by atoms with Gasteiger partial charge in [-0.15, -0.1) is 0 Å². The minimum atomic E-state index is -0.784. The highest BCUT2D eigenvalue weighted by atomic mass is 35.5. The number of nitriles is 1. The summed E-state index contributed by atoms with van der Waals surface area (Å²) in [6.45, 7) is 2.29. The molecule has 0 saturated heterocycles.